The second kappa shape index (κ2) is 10.5. The van der Waals surface area contributed by atoms with Gasteiger partial charge >= 0.3 is 0 Å². The van der Waals surface area contributed by atoms with Crippen LogP contribution in [0.5, 0.6) is 0 Å². The highest BCUT2D eigenvalue weighted by molar-refractivity contribution is 5.87. The largest absolute Gasteiger partial charge is 0.378 e. The maximum atomic E-state index is 11.8. The number of carbonyl (C=O) groups is 1. The van der Waals surface area contributed by atoms with Crippen molar-refractivity contribution in [3.05, 3.63) is 30.6 Å². The van der Waals surface area contributed by atoms with E-state index >= 15 is 0 Å². The maximum absolute atomic E-state index is 11.8. The summed E-state index contributed by atoms with van der Waals surface area (Å²) >= 11 is 0. The number of hydrogen-bond donors (Lipinski definition) is 2. The summed E-state index contributed by atoms with van der Waals surface area (Å²) in [5, 5.41) is 6.88. The Balaban J connectivity index is 1.30. The van der Waals surface area contributed by atoms with Crippen LogP contribution in [-0.2, 0) is 9.53 Å². The molecule has 0 unspecified atom stereocenters. The Labute approximate surface area is 205 Å². The minimum absolute atomic E-state index is 0.179. The topological polar surface area (TPSA) is 100 Å². The molecule has 2 fully saturated rings. The van der Waals surface area contributed by atoms with Crippen LogP contribution in [0.4, 0.5) is 23.1 Å². The number of hydrogen-bond acceptors (Lipinski definition) is 8. The van der Waals surface area contributed by atoms with Crippen LogP contribution in [0.1, 0.15) is 39.2 Å². The number of amides is 1. The first kappa shape index (κ1) is 23.3. The molecule has 2 N–H and O–H groups in total. The van der Waals surface area contributed by atoms with Crippen molar-refractivity contribution in [2.75, 3.05) is 61.5 Å². The van der Waals surface area contributed by atoms with E-state index in [9.17, 15) is 4.79 Å². The van der Waals surface area contributed by atoms with Gasteiger partial charge in [-0.15, -0.1) is 0 Å². The van der Waals surface area contributed by atoms with Gasteiger partial charge in [-0.3, -0.25) is 9.36 Å². The first-order valence-electron chi connectivity index (χ1n) is 12.5. The Morgan fingerprint density at radius 3 is 2.60 bits per heavy atom. The second-order valence-corrected chi connectivity index (χ2v) is 9.33. The van der Waals surface area contributed by atoms with Gasteiger partial charge in [0, 0.05) is 56.6 Å². The SMILES string of the molecule is CC(C)n1c(NCCCN2CCCC2=O)nc2c(Nc3ccc(N4CCOCC4)cc3)ncnc21. The summed E-state index contributed by atoms with van der Waals surface area (Å²) in [6.45, 7) is 9.99. The van der Waals surface area contributed by atoms with E-state index in [-0.39, 0.29) is 11.9 Å². The van der Waals surface area contributed by atoms with Crippen LogP contribution < -0.4 is 15.5 Å². The number of carbonyl (C=O) groups excluding carboxylic acids is 1. The summed E-state index contributed by atoms with van der Waals surface area (Å²) < 4.78 is 7.56. The lowest BCUT2D eigenvalue weighted by atomic mass is 10.2. The normalized spacial score (nSPS) is 16.5. The number of nitrogens with one attached hydrogen (secondary N) is 2. The molecule has 3 aromatic rings. The lowest BCUT2D eigenvalue weighted by molar-refractivity contribution is -0.127. The fourth-order valence-electron chi connectivity index (χ4n) is 4.74. The van der Waals surface area contributed by atoms with Gasteiger partial charge in [0.1, 0.15) is 6.33 Å². The molecule has 2 aliphatic rings. The number of likely N-dealkylation sites (tertiary alicyclic amines) is 1. The third kappa shape index (κ3) is 5.17. The molecule has 1 amide bonds. The highest BCUT2D eigenvalue weighted by Gasteiger charge is 2.20. The molecule has 2 aromatic heterocycles. The summed E-state index contributed by atoms with van der Waals surface area (Å²) in [4.78, 5) is 30.0. The molecule has 0 radical (unpaired) electrons. The van der Waals surface area contributed by atoms with Crippen LogP contribution >= 0.6 is 0 Å². The summed E-state index contributed by atoms with van der Waals surface area (Å²) in [6, 6.07) is 8.56. The minimum Gasteiger partial charge on any atom is -0.378 e. The van der Waals surface area contributed by atoms with Crippen molar-refractivity contribution in [3.63, 3.8) is 0 Å². The van der Waals surface area contributed by atoms with Crippen molar-refractivity contribution in [3.8, 4) is 0 Å². The van der Waals surface area contributed by atoms with Crippen LogP contribution in [0.25, 0.3) is 11.2 Å². The maximum Gasteiger partial charge on any atom is 0.222 e. The number of morpholine rings is 1. The second-order valence-electron chi connectivity index (χ2n) is 9.33. The average molecular weight is 479 g/mol. The van der Waals surface area contributed by atoms with Gasteiger partial charge in [-0.25, -0.2) is 15.0 Å². The van der Waals surface area contributed by atoms with Crippen LogP contribution in [0.2, 0.25) is 0 Å². The standard InChI is InChI=1S/C25H34N8O2/c1-18(2)33-24-22(30-25(33)26-10-4-12-32-11-3-5-21(32)34)23(27-17-28-24)29-19-6-8-20(9-7-19)31-13-15-35-16-14-31/h6-9,17-18H,3-5,10-16H2,1-2H3,(H,26,30)(H,27,28,29). The van der Waals surface area contributed by atoms with E-state index in [1.54, 1.807) is 6.33 Å². The molecule has 0 bridgehead atoms. The lowest BCUT2D eigenvalue weighted by Crippen LogP contribution is -2.36. The van der Waals surface area contributed by atoms with E-state index in [4.69, 9.17) is 9.72 Å². The smallest absolute Gasteiger partial charge is 0.222 e. The van der Waals surface area contributed by atoms with Crippen LogP contribution in [0.3, 0.4) is 0 Å². The molecule has 0 saturated carbocycles. The quantitative estimate of drug-likeness (QED) is 0.451. The number of imidazole rings is 1. The van der Waals surface area contributed by atoms with Crippen molar-refractivity contribution in [2.45, 2.75) is 39.2 Å². The van der Waals surface area contributed by atoms with Crippen LogP contribution in [0, 0.1) is 0 Å². The average Bonchev–Trinajstić information content (AvgIpc) is 3.46. The Bertz CT molecular complexity index is 1150. The number of anilines is 4. The van der Waals surface area contributed by atoms with Gasteiger partial charge in [0.2, 0.25) is 11.9 Å². The first-order valence-corrected chi connectivity index (χ1v) is 12.5. The number of ether oxygens (including phenoxy) is 1. The van der Waals surface area contributed by atoms with E-state index in [2.05, 4.69) is 68.2 Å². The van der Waals surface area contributed by atoms with Gasteiger partial charge < -0.3 is 25.2 Å². The summed E-state index contributed by atoms with van der Waals surface area (Å²) in [7, 11) is 0. The van der Waals surface area contributed by atoms with E-state index in [0.717, 1.165) is 81.6 Å². The molecule has 1 aromatic carbocycles. The van der Waals surface area contributed by atoms with Crippen LogP contribution in [-0.4, -0.2) is 76.3 Å². The van der Waals surface area contributed by atoms with Crippen molar-refractivity contribution in [2.24, 2.45) is 0 Å². The summed E-state index contributed by atoms with van der Waals surface area (Å²) in [5.41, 5.74) is 3.67. The molecule has 0 atom stereocenters. The molecule has 10 heteroatoms. The molecule has 2 saturated heterocycles. The number of fused-ring (bicyclic) bond motifs is 1. The van der Waals surface area contributed by atoms with Gasteiger partial charge in [-0.05, 0) is 51.0 Å². The van der Waals surface area contributed by atoms with Crippen molar-refractivity contribution in [1.82, 2.24) is 24.4 Å². The molecular weight excluding hydrogens is 444 g/mol. The Morgan fingerprint density at radius 2 is 1.89 bits per heavy atom. The van der Waals surface area contributed by atoms with Gasteiger partial charge in [0.25, 0.3) is 0 Å². The van der Waals surface area contributed by atoms with E-state index in [1.807, 2.05) is 4.90 Å². The molecule has 10 nitrogen and oxygen atoms in total. The molecule has 2 aliphatic heterocycles. The zero-order valence-corrected chi connectivity index (χ0v) is 20.5. The first-order chi connectivity index (χ1) is 17.1. The van der Waals surface area contributed by atoms with Gasteiger partial charge in [-0.1, -0.05) is 0 Å². The van der Waals surface area contributed by atoms with Crippen LogP contribution in [0.15, 0.2) is 30.6 Å². The zero-order valence-electron chi connectivity index (χ0n) is 20.5. The molecule has 0 aliphatic carbocycles. The lowest BCUT2D eigenvalue weighted by Gasteiger charge is -2.28. The van der Waals surface area contributed by atoms with E-state index in [1.165, 1.54) is 5.69 Å². The zero-order chi connectivity index (χ0) is 24.2. The molecule has 35 heavy (non-hydrogen) atoms. The number of rotatable bonds is 9. The summed E-state index contributed by atoms with van der Waals surface area (Å²) in [5.74, 6) is 1.72. The minimum atomic E-state index is 0.179. The monoisotopic (exact) mass is 478 g/mol. The number of benzene rings is 1. The predicted octanol–water partition coefficient (Wildman–Crippen LogP) is 3.41. The third-order valence-electron chi connectivity index (χ3n) is 6.56. The predicted molar refractivity (Wildman–Crippen MR) is 137 cm³/mol. The Hall–Kier alpha value is -3.40. The van der Waals surface area contributed by atoms with Gasteiger partial charge in [0.05, 0.1) is 13.2 Å². The highest BCUT2D eigenvalue weighted by atomic mass is 16.5. The van der Waals surface area contributed by atoms with Gasteiger partial charge in [0.15, 0.2) is 17.0 Å². The van der Waals surface area contributed by atoms with E-state index < -0.39 is 0 Å². The van der Waals surface area contributed by atoms with Crippen molar-refractivity contribution in [1.29, 1.82) is 0 Å². The third-order valence-corrected chi connectivity index (χ3v) is 6.56. The molecule has 0 spiro atoms. The van der Waals surface area contributed by atoms with Gasteiger partial charge in [-0.2, -0.15) is 0 Å². The fourth-order valence-corrected chi connectivity index (χ4v) is 4.74. The molecule has 186 valence electrons. The summed E-state index contributed by atoms with van der Waals surface area (Å²) in [6.07, 6.45) is 4.11. The fraction of sp³-hybridized carbons (Fsp3) is 0.520. The molecule has 5 rings (SSSR count). The highest BCUT2D eigenvalue weighted by Crippen LogP contribution is 2.29. The van der Waals surface area contributed by atoms with Crippen molar-refractivity contribution < 1.29 is 9.53 Å². The molecular formula is C25H34N8O2. The van der Waals surface area contributed by atoms with Crippen molar-refractivity contribution >= 4 is 40.2 Å². The van der Waals surface area contributed by atoms with E-state index in [0.29, 0.717) is 12.2 Å². The Kier molecular flexibility index (Phi) is 6.98. The number of nitrogens with zero attached hydrogens (tertiary/aromatic N) is 6. The Morgan fingerprint density at radius 1 is 1.09 bits per heavy atom. The number of aromatic nitrogens is 4. The molecule has 4 heterocycles.